The van der Waals surface area contributed by atoms with Crippen LogP contribution in [0.3, 0.4) is 0 Å². The minimum atomic E-state index is -0.774. The van der Waals surface area contributed by atoms with Gasteiger partial charge in [0.15, 0.2) is 0 Å². The van der Waals surface area contributed by atoms with E-state index in [0.717, 1.165) is 0 Å². The van der Waals surface area contributed by atoms with Gasteiger partial charge in [-0.1, -0.05) is 6.92 Å². The molecule has 88 valence electrons. The molecular formula is C10H19NO4. The molecule has 1 rings (SSSR count). The van der Waals surface area contributed by atoms with E-state index in [1.54, 1.807) is 14.2 Å². The lowest BCUT2D eigenvalue weighted by Crippen LogP contribution is -2.40. The Morgan fingerprint density at radius 1 is 1.40 bits per heavy atom. The minimum Gasteiger partial charge on any atom is -0.480 e. The topological polar surface area (TPSA) is 59.0 Å². The monoisotopic (exact) mass is 217 g/mol. The van der Waals surface area contributed by atoms with Gasteiger partial charge in [0.05, 0.1) is 12.2 Å². The zero-order chi connectivity index (χ0) is 11.4. The van der Waals surface area contributed by atoms with Crippen LogP contribution in [0.1, 0.15) is 13.3 Å². The van der Waals surface area contributed by atoms with Crippen LogP contribution in [0.5, 0.6) is 0 Å². The van der Waals surface area contributed by atoms with Crippen LogP contribution in [0.4, 0.5) is 0 Å². The fourth-order valence-corrected chi connectivity index (χ4v) is 2.07. The highest BCUT2D eigenvalue weighted by molar-refractivity contribution is 5.73. The van der Waals surface area contributed by atoms with Crippen LogP contribution in [0, 0.1) is 0 Å². The molecule has 0 radical (unpaired) electrons. The number of carboxylic acids is 1. The molecule has 0 aliphatic carbocycles. The standard InChI is InChI=1S/C10H19NO4/c1-4-7(10(12)13)11-5-8(14-2)9(6-11)15-3/h7-9H,4-6H2,1-3H3,(H,12,13)/t7-,8-,9+/m1/s1. The zero-order valence-electron chi connectivity index (χ0n) is 9.47. The van der Waals surface area contributed by atoms with E-state index < -0.39 is 12.0 Å². The fraction of sp³-hybridized carbons (Fsp3) is 0.900. The number of likely N-dealkylation sites (tertiary alicyclic amines) is 1. The Labute approximate surface area is 90.0 Å². The molecule has 15 heavy (non-hydrogen) atoms. The van der Waals surface area contributed by atoms with Crippen LogP contribution in [0.2, 0.25) is 0 Å². The normalized spacial score (nSPS) is 29.3. The summed E-state index contributed by atoms with van der Waals surface area (Å²) in [4.78, 5) is 12.9. The number of nitrogens with zero attached hydrogens (tertiary/aromatic N) is 1. The van der Waals surface area contributed by atoms with Gasteiger partial charge in [-0.2, -0.15) is 0 Å². The Kier molecular flexibility index (Phi) is 4.50. The predicted molar refractivity (Wildman–Crippen MR) is 54.9 cm³/mol. The third-order valence-corrected chi connectivity index (χ3v) is 2.96. The molecule has 0 aromatic carbocycles. The fourth-order valence-electron chi connectivity index (χ4n) is 2.07. The molecule has 1 saturated heterocycles. The molecule has 1 aliphatic rings. The quantitative estimate of drug-likeness (QED) is 0.712. The first-order chi connectivity index (χ1) is 7.13. The van der Waals surface area contributed by atoms with E-state index in [2.05, 4.69) is 0 Å². The number of rotatable bonds is 5. The number of carboxylic acid groups (broad SMARTS) is 1. The van der Waals surface area contributed by atoms with E-state index in [1.165, 1.54) is 0 Å². The highest BCUT2D eigenvalue weighted by Gasteiger charge is 2.38. The van der Waals surface area contributed by atoms with Gasteiger partial charge in [-0.15, -0.1) is 0 Å². The van der Waals surface area contributed by atoms with Gasteiger partial charge >= 0.3 is 5.97 Å². The summed E-state index contributed by atoms with van der Waals surface area (Å²) in [7, 11) is 3.25. The van der Waals surface area contributed by atoms with Gasteiger partial charge in [0.1, 0.15) is 6.04 Å². The number of hydrogen-bond acceptors (Lipinski definition) is 4. The summed E-state index contributed by atoms with van der Waals surface area (Å²) in [6.07, 6.45) is 0.550. The maximum Gasteiger partial charge on any atom is 0.320 e. The Bertz CT molecular complexity index is 209. The summed E-state index contributed by atoms with van der Waals surface area (Å²) in [6, 6.07) is -0.428. The zero-order valence-corrected chi connectivity index (χ0v) is 9.47. The van der Waals surface area contributed by atoms with E-state index in [4.69, 9.17) is 14.6 Å². The van der Waals surface area contributed by atoms with E-state index in [9.17, 15) is 4.79 Å². The van der Waals surface area contributed by atoms with Gasteiger partial charge in [0.2, 0.25) is 0 Å². The highest BCUT2D eigenvalue weighted by atomic mass is 16.5. The molecule has 1 aliphatic heterocycles. The second-order valence-corrected chi connectivity index (χ2v) is 3.76. The lowest BCUT2D eigenvalue weighted by Gasteiger charge is -2.22. The van der Waals surface area contributed by atoms with Crippen molar-refractivity contribution in [3.63, 3.8) is 0 Å². The number of methoxy groups -OCH3 is 2. The van der Waals surface area contributed by atoms with Crippen LogP contribution < -0.4 is 0 Å². The molecule has 1 fully saturated rings. The molecule has 1 heterocycles. The summed E-state index contributed by atoms with van der Waals surface area (Å²) in [5.41, 5.74) is 0. The molecule has 0 aromatic rings. The second kappa shape index (κ2) is 5.44. The van der Waals surface area contributed by atoms with Crippen molar-refractivity contribution in [1.29, 1.82) is 0 Å². The van der Waals surface area contributed by atoms with Gasteiger partial charge in [0, 0.05) is 27.3 Å². The first-order valence-corrected chi connectivity index (χ1v) is 5.16. The minimum absolute atomic E-state index is 0.0246. The van der Waals surface area contributed by atoms with E-state index >= 15 is 0 Å². The largest absolute Gasteiger partial charge is 0.480 e. The molecule has 0 amide bonds. The summed E-state index contributed by atoms with van der Waals surface area (Å²) >= 11 is 0. The van der Waals surface area contributed by atoms with Crippen LogP contribution in [0.25, 0.3) is 0 Å². The van der Waals surface area contributed by atoms with Gasteiger partial charge in [-0.25, -0.2) is 0 Å². The number of ether oxygens (including phenoxy) is 2. The third kappa shape index (κ3) is 2.68. The number of carbonyl (C=O) groups is 1. The summed E-state index contributed by atoms with van der Waals surface area (Å²) in [5.74, 6) is -0.774. The van der Waals surface area contributed by atoms with Crippen molar-refractivity contribution in [3.05, 3.63) is 0 Å². The maximum absolute atomic E-state index is 11.0. The molecule has 1 N–H and O–H groups in total. The van der Waals surface area contributed by atoms with Gasteiger partial charge in [-0.3, -0.25) is 9.69 Å². The number of hydrogen-bond donors (Lipinski definition) is 1. The third-order valence-electron chi connectivity index (χ3n) is 2.96. The SMILES string of the molecule is CC[C@H](C(=O)O)N1C[C@H](OC)[C@H](OC)C1. The van der Waals surface area contributed by atoms with Gasteiger partial charge < -0.3 is 14.6 Å². The highest BCUT2D eigenvalue weighted by Crippen LogP contribution is 2.19. The van der Waals surface area contributed by atoms with E-state index in [-0.39, 0.29) is 12.2 Å². The second-order valence-electron chi connectivity index (χ2n) is 3.76. The molecule has 0 aromatic heterocycles. The van der Waals surface area contributed by atoms with Crippen molar-refractivity contribution < 1.29 is 19.4 Å². The summed E-state index contributed by atoms with van der Waals surface area (Å²) < 4.78 is 10.5. The molecule has 0 saturated carbocycles. The van der Waals surface area contributed by atoms with Crippen molar-refractivity contribution in [3.8, 4) is 0 Å². The molecule has 0 bridgehead atoms. The summed E-state index contributed by atoms with van der Waals surface area (Å²) in [5, 5.41) is 9.03. The van der Waals surface area contributed by atoms with Crippen LogP contribution in [-0.2, 0) is 14.3 Å². The Balaban J connectivity index is 2.62. The Morgan fingerprint density at radius 3 is 2.13 bits per heavy atom. The molecule has 5 heteroatoms. The van der Waals surface area contributed by atoms with E-state index in [1.807, 2.05) is 11.8 Å². The predicted octanol–water partition coefficient (Wildman–Crippen LogP) is 0.195. The molecular weight excluding hydrogens is 198 g/mol. The van der Waals surface area contributed by atoms with Crippen molar-refractivity contribution in [2.24, 2.45) is 0 Å². The summed E-state index contributed by atoms with van der Waals surface area (Å²) in [6.45, 7) is 3.13. The van der Waals surface area contributed by atoms with E-state index in [0.29, 0.717) is 19.5 Å². The van der Waals surface area contributed by atoms with Crippen LogP contribution >= 0.6 is 0 Å². The maximum atomic E-state index is 11.0. The Morgan fingerprint density at radius 2 is 1.87 bits per heavy atom. The number of aliphatic carboxylic acids is 1. The average molecular weight is 217 g/mol. The van der Waals surface area contributed by atoms with Crippen molar-refractivity contribution in [1.82, 2.24) is 4.90 Å². The molecule has 0 spiro atoms. The Hall–Kier alpha value is -0.650. The average Bonchev–Trinajstić information content (AvgIpc) is 2.61. The van der Waals surface area contributed by atoms with Crippen LogP contribution in [-0.4, -0.2) is 61.5 Å². The van der Waals surface area contributed by atoms with Gasteiger partial charge in [-0.05, 0) is 6.42 Å². The molecule has 5 nitrogen and oxygen atoms in total. The van der Waals surface area contributed by atoms with Crippen molar-refractivity contribution >= 4 is 5.97 Å². The first kappa shape index (κ1) is 12.4. The van der Waals surface area contributed by atoms with Crippen molar-refractivity contribution in [2.45, 2.75) is 31.6 Å². The lowest BCUT2D eigenvalue weighted by molar-refractivity contribution is -0.143. The lowest BCUT2D eigenvalue weighted by atomic mass is 10.2. The first-order valence-electron chi connectivity index (χ1n) is 5.16. The molecule has 3 atom stereocenters. The van der Waals surface area contributed by atoms with Gasteiger partial charge in [0.25, 0.3) is 0 Å². The smallest absolute Gasteiger partial charge is 0.320 e. The molecule has 0 unspecified atom stereocenters. The van der Waals surface area contributed by atoms with Crippen LogP contribution in [0.15, 0.2) is 0 Å². The van der Waals surface area contributed by atoms with Crippen molar-refractivity contribution in [2.75, 3.05) is 27.3 Å².